The Hall–Kier alpha value is -2.36. The molecule has 1 saturated heterocycles. The first kappa shape index (κ1) is 13.3. The third-order valence-electron chi connectivity index (χ3n) is 4.25. The van der Waals surface area contributed by atoms with Crippen LogP contribution in [0.5, 0.6) is 5.75 Å². The Morgan fingerprint density at radius 3 is 2.86 bits per heavy atom. The number of pyridine rings is 1. The van der Waals surface area contributed by atoms with Gasteiger partial charge in [-0.25, -0.2) is 4.98 Å². The van der Waals surface area contributed by atoms with Crippen LogP contribution in [0.2, 0.25) is 0 Å². The number of aromatic nitrogens is 1. The minimum Gasteiger partial charge on any atom is -0.494 e. The predicted octanol–water partition coefficient (Wildman–Crippen LogP) is 3.04. The van der Waals surface area contributed by atoms with Crippen LogP contribution in [0.25, 0.3) is 0 Å². The van der Waals surface area contributed by atoms with E-state index in [1.165, 1.54) is 17.5 Å². The maximum Gasteiger partial charge on any atom is 0.129 e. The standard InChI is InChI=1S/C18H19N3O/c1-2-22-15-5-4-14-12-20-18(16(14)11-15)13-6-7-19-17(10-13)21-8-3-9-21/h4-7,10-11H,2-3,8-9,12H2,1H3. The Labute approximate surface area is 130 Å². The number of fused-ring (bicyclic) bond motifs is 1. The molecule has 0 spiro atoms. The van der Waals surface area contributed by atoms with Crippen molar-refractivity contribution in [2.45, 2.75) is 19.9 Å². The van der Waals surface area contributed by atoms with Gasteiger partial charge < -0.3 is 9.64 Å². The van der Waals surface area contributed by atoms with Crippen LogP contribution in [0.3, 0.4) is 0 Å². The Bertz CT molecular complexity index is 735. The maximum atomic E-state index is 5.63. The molecule has 0 unspecified atom stereocenters. The van der Waals surface area contributed by atoms with Gasteiger partial charge in [-0.2, -0.15) is 0 Å². The summed E-state index contributed by atoms with van der Waals surface area (Å²) in [6.45, 7) is 5.64. The predicted molar refractivity (Wildman–Crippen MR) is 88.0 cm³/mol. The fourth-order valence-electron chi connectivity index (χ4n) is 2.95. The summed E-state index contributed by atoms with van der Waals surface area (Å²) in [4.78, 5) is 11.5. The molecular weight excluding hydrogens is 274 g/mol. The highest BCUT2D eigenvalue weighted by atomic mass is 16.5. The molecule has 22 heavy (non-hydrogen) atoms. The Balaban J connectivity index is 1.69. The zero-order chi connectivity index (χ0) is 14.9. The summed E-state index contributed by atoms with van der Waals surface area (Å²) in [6, 6.07) is 10.5. The van der Waals surface area contributed by atoms with Crippen molar-refractivity contribution in [2.75, 3.05) is 24.6 Å². The number of benzene rings is 1. The molecule has 0 atom stereocenters. The molecule has 4 nitrogen and oxygen atoms in total. The number of hydrogen-bond donors (Lipinski definition) is 0. The fraction of sp³-hybridized carbons (Fsp3) is 0.333. The van der Waals surface area contributed by atoms with Gasteiger partial charge in [0.15, 0.2) is 0 Å². The van der Waals surface area contributed by atoms with Crippen molar-refractivity contribution in [1.82, 2.24) is 4.98 Å². The van der Waals surface area contributed by atoms with E-state index in [4.69, 9.17) is 9.73 Å². The first-order valence-electron chi connectivity index (χ1n) is 7.87. The molecule has 0 aliphatic carbocycles. The highest BCUT2D eigenvalue weighted by Gasteiger charge is 2.21. The first-order valence-corrected chi connectivity index (χ1v) is 7.87. The molecule has 0 amide bonds. The summed E-state index contributed by atoms with van der Waals surface area (Å²) < 4.78 is 5.63. The second-order valence-corrected chi connectivity index (χ2v) is 5.66. The van der Waals surface area contributed by atoms with Crippen molar-refractivity contribution in [1.29, 1.82) is 0 Å². The van der Waals surface area contributed by atoms with Gasteiger partial charge in [0.2, 0.25) is 0 Å². The first-order chi connectivity index (χ1) is 10.8. The van der Waals surface area contributed by atoms with Crippen LogP contribution >= 0.6 is 0 Å². The molecular formula is C18H19N3O. The van der Waals surface area contributed by atoms with Gasteiger partial charge in [-0.3, -0.25) is 4.99 Å². The summed E-state index contributed by atoms with van der Waals surface area (Å²) in [5, 5.41) is 0. The summed E-state index contributed by atoms with van der Waals surface area (Å²) in [5.41, 5.74) is 4.65. The Morgan fingerprint density at radius 2 is 2.09 bits per heavy atom. The number of aliphatic imine (C=N–C) groups is 1. The molecule has 2 aliphatic heterocycles. The molecule has 0 saturated carbocycles. The van der Waals surface area contributed by atoms with Crippen molar-refractivity contribution < 1.29 is 4.74 Å². The van der Waals surface area contributed by atoms with Crippen molar-refractivity contribution in [2.24, 2.45) is 4.99 Å². The van der Waals surface area contributed by atoms with E-state index in [2.05, 4.69) is 28.1 Å². The largest absolute Gasteiger partial charge is 0.494 e. The molecule has 4 heteroatoms. The number of nitrogens with zero attached hydrogens (tertiary/aromatic N) is 3. The molecule has 112 valence electrons. The van der Waals surface area contributed by atoms with Crippen molar-refractivity contribution in [3.8, 4) is 5.75 Å². The normalized spacial score (nSPS) is 16.0. The SMILES string of the molecule is CCOc1ccc2c(c1)C(c1ccnc(N3CCC3)c1)=NC2. The van der Waals surface area contributed by atoms with Crippen molar-refractivity contribution in [3.05, 3.63) is 53.2 Å². The molecule has 0 radical (unpaired) electrons. The van der Waals surface area contributed by atoms with E-state index in [0.29, 0.717) is 6.61 Å². The lowest BCUT2D eigenvalue weighted by Crippen LogP contribution is -2.37. The van der Waals surface area contributed by atoms with E-state index in [-0.39, 0.29) is 0 Å². The summed E-state index contributed by atoms with van der Waals surface area (Å²) in [7, 11) is 0. The average molecular weight is 293 g/mol. The van der Waals surface area contributed by atoms with Gasteiger partial charge in [0, 0.05) is 30.4 Å². The van der Waals surface area contributed by atoms with Crippen molar-refractivity contribution in [3.63, 3.8) is 0 Å². The number of ether oxygens (including phenoxy) is 1. The molecule has 1 aromatic heterocycles. The lowest BCUT2D eigenvalue weighted by atomic mass is 10.00. The minimum atomic E-state index is 0.680. The third-order valence-corrected chi connectivity index (χ3v) is 4.25. The molecule has 0 N–H and O–H groups in total. The van der Waals surface area contributed by atoms with E-state index in [1.807, 2.05) is 25.3 Å². The van der Waals surface area contributed by atoms with E-state index in [0.717, 1.165) is 42.5 Å². The Kier molecular flexibility index (Phi) is 3.29. The number of rotatable bonds is 4. The smallest absolute Gasteiger partial charge is 0.129 e. The van der Waals surface area contributed by atoms with Crippen LogP contribution in [0, 0.1) is 0 Å². The van der Waals surface area contributed by atoms with Crippen LogP contribution in [-0.4, -0.2) is 30.4 Å². The zero-order valence-corrected chi connectivity index (χ0v) is 12.7. The van der Waals surface area contributed by atoms with Gasteiger partial charge >= 0.3 is 0 Å². The molecule has 1 aromatic carbocycles. The molecule has 2 aromatic rings. The topological polar surface area (TPSA) is 37.7 Å². The van der Waals surface area contributed by atoms with E-state index >= 15 is 0 Å². The Morgan fingerprint density at radius 1 is 1.18 bits per heavy atom. The third kappa shape index (κ3) is 2.25. The highest BCUT2D eigenvalue weighted by molar-refractivity contribution is 6.15. The van der Waals surface area contributed by atoms with Crippen LogP contribution in [-0.2, 0) is 6.54 Å². The monoisotopic (exact) mass is 293 g/mol. The van der Waals surface area contributed by atoms with Gasteiger partial charge in [-0.1, -0.05) is 6.07 Å². The van der Waals surface area contributed by atoms with Gasteiger partial charge in [-0.05, 0) is 43.2 Å². The second kappa shape index (κ2) is 5.44. The lowest BCUT2D eigenvalue weighted by molar-refractivity contribution is 0.340. The number of hydrogen-bond acceptors (Lipinski definition) is 4. The summed E-state index contributed by atoms with van der Waals surface area (Å²) >= 11 is 0. The quantitative estimate of drug-likeness (QED) is 0.869. The molecule has 2 aliphatic rings. The van der Waals surface area contributed by atoms with E-state index < -0.39 is 0 Å². The van der Waals surface area contributed by atoms with E-state index in [9.17, 15) is 0 Å². The molecule has 4 rings (SSSR count). The fourth-order valence-corrected chi connectivity index (χ4v) is 2.95. The zero-order valence-electron chi connectivity index (χ0n) is 12.7. The van der Waals surface area contributed by atoms with Gasteiger partial charge in [0.1, 0.15) is 11.6 Å². The molecule has 0 bridgehead atoms. The lowest BCUT2D eigenvalue weighted by Gasteiger charge is -2.32. The van der Waals surface area contributed by atoms with Crippen molar-refractivity contribution >= 4 is 11.5 Å². The summed E-state index contributed by atoms with van der Waals surface area (Å²) in [6.07, 6.45) is 3.14. The average Bonchev–Trinajstić information content (AvgIpc) is 2.89. The summed E-state index contributed by atoms with van der Waals surface area (Å²) in [5.74, 6) is 1.97. The van der Waals surface area contributed by atoms with E-state index in [1.54, 1.807) is 0 Å². The van der Waals surface area contributed by atoms with Gasteiger partial charge in [0.05, 0.1) is 18.9 Å². The second-order valence-electron chi connectivity index (χ2n) is 5.66. The minimum absolute atomic E-state index is 0.680. The van der Waals surface area contributed by atoms with Gasteiger partial charge in [0.25, 0.3) is 0 Å². The van der Waals surface area contributed by atoms with Gasteiger partial charge in [-0.15, -0.1) is 0 Å². The van der Waals surface area contributed by atoms with Crippen LogP contribution < -0.4 is 9.64 Å². The molecule has 3 heterocycles. The maximum absolute atomic E-state index is 5.63. The number of anilines is 1. The van der Waals surface area contributed by atoms with Crippen LogP contribution in [0.15, 0.2) is 41.5 Å². The highest BCUT2D eigenvalue weighted by Crippen LogP contribution is 2.28. The van der Waals surface area contributed by atoms with Crippen LogP contribution in [0.1, 0.15) is 30.0 Å². The molecule has 1 fully saturated rings. The van der Waals surface area contributed by atoms with Crippen LogP contribution in [0.4, 0.5) is 5.82 Å².